The summed E-state index contributed by atoms with van der Waals surface area (Å²) in [4.78, 5) is 10.9. The lowest BCUT2D eigenvalue weighted by atomic mass is 10.1. The van der Waals surface area contributed by atoms with E-state index in [0.717, 1.165) is 23.1 Å². The number of halogens is 1. The van der Waals surface area contributed by atoms with E-state index in [1.807, 2.05) is 0 Å². The molecule has 0 bridgehead atoms. The fourth-order valence-corrected chi connectivity index (χ4v) is 2.50. The largest absolute Gasteiger partial charge is 0.469 e. The number of esters is 1. The highest BCUT2D eigenvalue weighted by molar-refractivity contribution is 9.10. The first-order chi connectivity index (χ1) is 8.04. The Kier molecular flexibility index (Phi) is 5.48. The maximum Gasteiger partial charge on any atom is 0.305 e. The van der Waals surface area contributed by atoms with Gasteiger partial charge in [-0.05, 0) is 53.4 Å². The Labute approximate surface area is 111 Å². The average Bonchev–Trinajstić information content (AvgIpc) is 2.26. The van der Waals surface area contributed by atoms with Gasteiger partial charge in [-0.2, -0.15) is 0 Å². The van der Waals surface area contributed by atoms with E-state index in [-0.39, 0.29) is 5.97 Å². The molecule has 0 saturated heterocycles. The monoisotopic (exact) mass is 299 g/mol. The van der Waals surface area contributed by atoms with Gasteiger partial charge in [-0.15, -0.1) is 0 Å². The van der Waals surface area contributed by atoms with Crippen LogP contribution >= 0.6 is 15.9 Å². The fraction of sp³-hybridized carbons (Fsp3) is 0.462. The Morgan fingerprint density at radius 1 is 1.41 bits per heavy atom. The van der Waals surface area contributed by atoms with Crippen LogP contribution in [0.25, 0.3) is 0 Å². The summed E-state index contributed by atoms with van der Waals surface area (Å²) in [5.41, 5.74) is 3.53. The zero-order chi connectivity index (χ0) is 12.8. The molecule has 1 rings (SSSR count). The van der Waals surface area contributed by atoms with Crippen LogP contribution in [0, 0.1) is 13.8 Å². The van der Waals surface area contributed by atoms with E-state index in [2.05, 4.69) is 52.0 Å². The highest BCUT2D eigenvalue weighted by Gasteiger charge is 2.05. The summed E-state index contributed by atoms with van der Waals surface area (Å²) in [6.07, 6.45) is 1.22. The quantitative estimate of drug-likeness (QED) is 0.669. The molecule has 0 radical (unpaired) electrons. The zero-order valence-electron chi connectivity index (χ0n) is 10.5. The maximum absolute atomic E-state index is 10.9. The predicted molar refractivity (Wildman–Crippen MR) is 73.4 cm³/mol. The number of carbonyl (C=O) groups excluding carboxylic acids is 1. The van der Waals surface area contributed by atoms with E-state index >= 15 is 0 Å². The number of carbonyl (C=O) groups is 1. The van der Waals surface area contributed by atoms with Gasteiger partial charge in [0.2, 0.25) is 0 Å². The molecular formula is C13H18BrNO2. The lowest BCUT2D eigenvalue weighted by Crippen LogP contribution is -2.07. The first-order valence-electron chi connectivity index (χ1n) is 5.62. The number of anilines is 1. The number of hydrogen-bond acceptors (Lipinski definition) is 3. The summed E-state index contributed by atoms with van der Waals surface area (Å²) in [5.74, 6) is -0.161. The molecule has 0 aliphatic heterocycles. The highest BCUT2D eigenvalue weighted by Crippen LogP contribution is 2.27. The van der Waals surface area contributed by atoms with Crippen molar-refractivity contribution in [3.05, 3.63) is 27.7 Å². The molecule has 0 fully saturated rings. The summed E-state index contributed by atoms with van der Waals surface area (Å²) in [6.45, 7) is 4.90. The molecule has 0 spiro atoms. The zero-order valence-corrected chi connectivity index (χ0v) is 12.1. The lowest BCUT2D eigenvalue weighted by Gasteiger charge is -2.12. The predicted octanol–water partition coefficient (Wildman–Crippen LogP) is 3.43. The van der Waals surface area contributed by atoms with Gasteiger partial charge in [-0.3, -0.25) is 4.79 Å². The van der Waals surface area contributed by atoms with Crippen LogP contribution in [0.3, 0.4) is 0 Å². The van der Waals surface area contributed by atoms with Crippen molar-refractivity contribution in [3.63, 3.8) is 0 Å². The molecule has 1 aromatic carbocycles. The molecule has 94 valence electrons. The third kappa shape index (κ3) is 4.38. The van der Waals surface area contributed by atoms with Crippen LogP contribution in [-0.2, 0) is 9.53 Å². The van der Waals surface area contributed by atoms with Crippen molar-refractivity contribution < 1.29 is 9.53 Å². The van der Waals surface area contributed by atoms with Crippen molar-refractivity contribution >= 4 is 27.6 Å². The van der Waals surface area contributed by atoms with E-state index in [9.17, 15) is 4.79 Å². The summed E-state index contributed by atoms with van der Waals surface area (Å²) in [7, 11) is 1.41. The molecule has 4 heteroatoms. The molecular weight excluding hydrogens is 282 g/mol. The minimum atomic E-state index is -0.161. The Morgan fingerprint density at radius 3 is 2.71 bits per heavy atom. The molecule has 1 N–H and O–H groups in total. The summed E-state index contributed by atoms with van der Waals surface area (Å²) < 4.78 is 5.65. The second kappa shape index (κ2) is 6.64. The molecule has 0 unspecified atom stereocenters. The number of rotatable bonds is 5. The first kappa shape index (κ1) is 14.0. The molecule has 0 atom stereocenters. The van der Waals surface area contributed by atoms with Gasteiger partial charge in [0.1, 0.15) is 0 Å². The summed E-state index contributed by atoms with van der Waals surface area (Å²) in [5, 5.41) is 3.33. The number of benzene rings is 1. The Bertz CT molecular complexity index is 381. The summed E-state index contributed by atoms with van der Waals surface area (Å²) >= 11 is 3.54. The number of nitrogens with one attached hydrogen (secondary N) is 1. The van der Waals surface area contributed by atoms with E-state index in [0.29, 0.717) is 6.42 Å². The molecule has 0 saturated carbocycles. The summed E-state index contributed by atoms with van der Waals surface area (Å²) in [6, 6.07) is 4.21. The van der Waals surface area contributed by atoms with Crippen molar-refractivity contribution in [2.24, 2.45) is 0 Å². The van der Waals surface area contributed by atoms with Gasteiger partial charge in [0.25, 0.3) is 0 Å². The van der Waals surface area contributed by atoms with Crippen LogP contribution in [0.15, 0.2) is 16.6 Å². The van der Waals surface area contributed by atoms with Crippen molar-refractivity contribution in [3.8, 4) is 0 Å². The number of aryl methyl sites for hydroxylation is 2. The average molecular weight is 300 g/mol. The van der Waals surface area contributed by atoms with Gasteiger partial charge < -0.3 is 10.1 Å². The van der Waals surface area contributed by atoms with Crippen LogP contribution in [-0.4, -0.2) is 19.6 Å². The Balaban J connectivity index is 2.50. The number of ether oxygens (including phenoxy) is 1. The second-order valence-electron chi connectivity index (χ2n) is 4.05. The van der Waals surface area contributed by atoms with Crippen LogP contribution < -0.4 is 5.32 Å². The minimum Gasteiger partial charge on any atom is -0.469 e. The fourth-order valence-electron chi connectivity index (χ4n) is 1.69. The van der Waals surface area contributed by atoms with Gasteiger partial charge in [-0.1, -0.05) is 6.07 Å². The topological polar surface area (TPSA) is 38.3 Å². The van der Waals surface area contributed by atoms with E-state index < -0.39 is 0 Å². The van der Waals surface area contributed by atoms with Gasteiger partial charge >= 0.3 is 5.97 Å². The van der Waals surface area contributed by atoms with E-state index in [1.165, 1.54) is 18.2 Å². The van der Waals surface area contributed by atoms with Crippen molar-refractivity contribution in [2.45, 2.75) is 26.7 Å². The normalized spacial score (nSPS) is 10.1. The molecule has 0 aromatic heterocycles. The van der Waals surface area contributed by atoms with Crippen LogP contribution in [0.1, 0.15) is 24.0 Å². The van der Waals surface area contributed by atoms with E-state index in [1.54, 1.807) is 0 Å². The van der Waals surface area contributed by atoms with Gasteiger partial charge in [-0.25, -0.2) is 0 Å². The van der Waals surface area contributed by atoms with E-state index in [4.69, 9.17) is 0 Å². The highest BCUT2D eigenvalue weighted by atomic mass is 79.9. The molecule has 1 aromatic rings. The van der Waals surface area contributed by atoms with Gasteiger partial charge in [0.15, 0.2) is 0 Å². The number of methoxy groups -OCH3 is 1. The minimum absolute atomic E-state index is 0.161. The molecule has 0 heterocycles. The van der Waals surface area contributed by atoms with Crippen LogP contribution in [0.5, 0.6) is 0 Å². The Morgan fingerprint density at radius 2 is 2.12 bits per heavy atom. The third-order valence-corrected chi connectivity index (χ3v) is 3.14. The SMILES string of the molecule is COC(=O)CCCNc1c(C)cc(C)cc1Br. The van der Waals surface area contributed by atoms with Crippen molar-refractivity contribution in [2.75, 3.05) is 19.0 Å². The number of hydrogen-bond donors (Lipinski definition) is 1. The first-order valence-corrected chi connectivity index (χ1v) is 6.41. The lowest BCUT2D eigenvalue weighted by molar-refractivity contribution is -0.140. The maximum atomic E-state index is 10.9. The smallest absolute Gasteiger partial charge is 0.305 e. The molecule has 0 aliphatic carbocycles. The van der Waals surface area contributed by atoms with Crippen LogP contribution in [0.2, 0.25) is 0 Å². The molecule has 0 aliphatic rings. The van der Waals surface area contributed by atoms with Crippen molar-refractivity contribution in [1.29, 1.82) is 0 Å². The molecule has 3 nitrogen and oxygen atoms in total. The molecule has 17 heavy (non-hydrogen) atoms. The van der Waals surface area contributed by atoms with Gasteiger partial charge in [0, 0.05) is 17.4 Å². The second-order valence-corrected chi connectivity index (χ2v) is 4.90. The van der Waals surface area contributed by atoms with Crippen molar-refractivity contribution in [1.82, 2.24) is 0 Å². The standard InChI is InChI=1S/C13H18BrNO2/c1-9-7-10(2)13(11(14)8-9)15-6-4-5-12(16)17-3/h7-8,15H,4-6H2,1-3H3. The Hall–Kier alpha value is -1.03. The molecule has 0 amide bonds. The third-order valence-electron chi connectivity index (χ3n) is 2.52. The van der Waals surface area contributed by atoms with Gasteiger partial charge in [0.05, 0.1) is 12.8 Å². The van der Waals surface area contributed by atoms with Crippen LogP contribution in [0.4, 0.5) is 5.69 Å².